The Morgan fingerprint density at radius 3 is 2.56 bits per heavy atom. The summed E-state index contributed by atoms with van der Waals surface area (Å²) in [5, 5.41) is 6.37. The quantitative estimate of drug-likeness (QED) is 0.715. The maximum Gasteiger partial charge on any atom is 0.0543 e. The van der Waals surface area contributed by atoms with Gasteiger partial charge in [0.05, 0.1) is 6.04 Å². The summed E-state index contributed by atoms with van der Waals surface area (Å²) < 4.78 is 0. The van der Waals surface area contributed by atoms with Crippen LogP contribution >= 0.6 is 0 Å². The van der Waals surface area contributed by atoms with Gasteiger partial charge in [-0.25, -0.2) is 0 Å². The van der Waals surface area contributed by atoms with E-state index in [0.717, 1.165) is 6.42 Å². The van der Waals surface area contributed by atoms with Gasteiger partial charge in [-0.15, -0.1) is 0 Å². The molecule has 0 amide bonds. The standard InChI is InChI=1S/C16H22N2/c1-3-4-5-9-12-16(18-14-13-17-2)15-10-7-6-8-11-15/h3-11,13-14,16-18H,12H2,1-2H3/b4-3-,9-5-,14-13-. The molecule has 0 aliphatic rings. The van der Waals surface area contributed by atoms with Crippen molar-refractivity contribution in [2.75, 3.05) is 7.05 Å². The molecule has 0 aromatic heterocycles. The molecule has 0 radical (unpaired) electrons. The molecule has 1 rings (SSSR count). The lowest BCUT2D eigenvalue weighted by Crippen LogP contribution is -2.15. The van der Waals surface area contributed by atoms with E-state index in [4.69, 9.17) is 0 Å². The van der Waals surface area contributed by atoms with E-state index in [9.17, 15) is 0 Å². The minimum atomic E-state index is 0.303. The summed E-state index contributed by atoms with van der Waals surface area (Å²) in [5.41, 5.74) is 1.29. The molecule has 0 heterocycles. The minimum absolute atomic E-state index is 0.303. The third kappa shape index (κ3) is 5.39. The Morgan fingerprint density at radius 2 is 1.89 bits per heavy atom. The molecule has 0 saturated heterocycles. The van der Waals surface area contributed by atoms with Gasteiger partial charge in [0, 0.05) is 19.4 Å². The van der Waals surface area contributed by atoms with Gasteiger partial charge in [0.2, 0.25) is 0 Å². The molecular formula is C16H22N2. The summed E-state index contributed by atoms with van der Waals surface area (Å²) in [4.78, 5) is 0. The zero-order valence-electron chi connectivity index (χ0n) is 11.1. The van der Waals surface area contributed by atoms with E-state index in [1.165, 1.54) is 5.56 Å². The van der Waals surface area contributed by atoms with Gasteiger partial charge in [0.1, 0.15) is 0 Å². The Kier molecular flexibility index (Phi) is 7.14. The topological polar surface area (TPSA) is 24.1 Å². The second-order valence-corrected chi connectivity index (χ2v) is 3.94. The van der Waals surface area contributed by atoms with Crippen molar-refractivity contribution in [3.05, 3.63) is 72.6 Å². The molecule has 0 saturated carbocycles. The monoisotopic (exact) mass is 242 g/mol. The highest BCUT2D eigenvalue weighted by molar-refractivity contribution is 5.20. The SMILES string of the molecule is C/C=C\C=C/CC(N/C=C\NC)c1ccccc1. The van der Waals surface area contributed by atoms with Gasteiger partial charge in [-0.2, -0.15) is 0 Å². The number of benzene rings is 1. The molecular weight excluding hydrogens is 220 g/mol. The van der Waals surface area contributed by atoms with Crippen molar-refractivity contribution in [2.45, 2.75) is 19.4 Å². The smallest absolute Gasteiger partial charge is 0.0543 e. The van der Waals surface area contributed by atoms with Crippen LogP contribution in [0.4, 0.5) is 0 Å². The molecule has 2 nitrogen and oxygen atoms in total. The van der Waals surface area contributed by atoms with Crippen LogP contribution in [0.3, 0.4) is 0 Å². The van der Waals surface area contributed by atoms with Crippen LogP contribution in [-0.4, -0.2) is 7.05 Å². The fraction of sp³-hybridized carbons (Fsp3) is 0.250. The zero-order chi connectivity index (χ0) is 13.1. The predicted octanol–water partition coefficient (Wildman–Crippen LogP) is 3.53. The first-order valence-electron chi connectivity index (χ1n) is 6.29. The molecule has 0 aliphatic heterocycles. The summed E-state index contributed by atoms with van der Waals surface area (Å²) in [5.74, 6) is 0. The molecule has 2 N–H and O–H groups in total. The maximum atomic E-state index is 3.40. The normalized spacial score (nSPS) is 13.4. The summed E-state index contributed by atoms with van der Waals surface area (Å²) in [6.45, 7) is 2.02. The molecule has 0 fully saturated rings. The highest BCUT2D eigenvalue weighted by Gasteiger charge is 2.06. The first-order chi connectivity index (χ1) is 8.88. The van der Waals surface area contributed by atoms with Gasteiger partial charge >= 0.3 is 0 Å². The van der Waals surface area contributed by atoms with E-state index in [1.54, 1.807) is 0 Å². The zero-order valence-corrected chi connectivity index (χ0v) is 11.1. The number of rotatable bonds is 7. The van der Waals surface area contributed by atoms with Gasteiger partial charge in [0.25, 0.3) is 0 Å². The lowest BCUT2D eigenvalue weighted by Gasteiger charge is -2.16. The average molecular weight is 242 g/mol. The second kappa shape index (κ2) is 9.11. The van der Waals surface area contributed by atoms with Crippen molar-refractivity contribution in [1.29, 1.82) is 0 Å². The van der Waals surface area contributed by atoms with Crippen molar-refractivity contribution in [1.82, 2.24) is 10.6 Å². The van der Waals surface area contributed by atoms with E-state index in [0.29, 0.717) is 6.04 Å². The molecule has 18 heavy (non-hydrogen) atoms. The van der Waals surface area contributed by atoms with E-state index in [-0.39, 0.29) is 0 Å². The van der Waals surface area contributed by atoms with Crippen molar-refractivity contribution in [2.24, 2.45) is 0 Å². The summed E-state index contributed by atoms with van der Waals surface area (Å²) in [6.07, 6.45) is 13.1. The molecule has 0 aliphatic carbocycles. The van der Waals surface area contributed by atoms with Crippen LogP contribution in [0.2, 0.25) is 0 Å². The Morgan fingerprint density at radius 1 is 1.11 bits per heavy atom. The summed E-state index contributed by atoms with van der Waals surface area (Å²) in [6, 6.07) is 10.8. The van der Waals surface area contributed by atoms with Crippen molar-refractivity contribution in [3.63, 3.8) is 0 Å². The fourth-order valence-corrected chi connectivity index (χ4v) is 1.64. The van der Waals surface area contributed by atoms with Crippen LogP contribution in [0.1, 0.15) is 24.9 Å². The number of hydrogen-bond acceptors (Lipinski definition) is 2. The van der Waals surface area contributed by atoms with Crippen LogP contribution in [-0.2, 0) is 0 Å². The molecule has 96 valence electrons. The van der Waals surface area contributed by atoms with Gasteiger partial charge in [-0.1, -0.05) is 54.6 Å². The van der Waals surface area contributed by atoms with E-state index in [2.05, 4.69) is 47.1 Å². The molecule has 2 heteroatoms. The third-order valence-electron chi connectivity index (χ3n) is 2.56. The van der Waals surface area contributed by atoms with Gasteiger partial charge < -0.3 is 10.6 Å². The van der Waals surface area contributed by atoms with Crippen LogP contribution in [0.15, 0.2) is 67.0 Å². The Bertz CT molecular complexity index is 391. The van der Waals surface area contributed by atoms with Crippen LogP contribution in [0, 0.1) is 0 Å². The predicted molar refractivity (Wildman–Crippen MR) is 79.1 cm³/mol. The number of allylic oxidation sites excluding steroid dienone is 3. The van der Waals surface area contributed by atoms with Gasteiger partial charge in [-0.3, -0.25) is 0 Å². The van der Waals surface area contributed by atoms with Crippen LogP contribution in [0.25, 0.3) is 0 Å². The van der Waals surface area contributed by atoms with Crippen molar-refractivity contribution >= 4 is 0 Å². The molecule has 1 unspecified atom stereocenters. The summed E-state index contributed by atoms with van der Waals surface area (Å²) >= 11 is 0. The molecule has 1 aromatic carbocycles. The van der Waals surface area contributed by atoms with Gasteiger partial charge in [-0.05, 0) is 18.9 Å². The van der Waals surface area contributed by atoms with E-state index in [1.807, 2.05) is 44.6 Å². The Balaban J connectivity index is 2.66. The van der Waals surface area contributed by atoms with Crippen LogP contribution < -0.4 is 10.6 Å². The van der Waals surface area contributed by atoms with Crippen molar-refractivity contribution in [3.8, 4) is 0 Å². The van der Waals surface area contributed by atoms with Gasteiger partial charge in [0.15, 0.2) is 0 Å². The minimum Gasteiger partial charge on any atom is -0.393 e. The molecule has 1 aromatic rings. The lowest BCUT2D eigenvalue weighted by molar-refractivity contribution is 0.629. The van der Waals surface area contributed by atoms with E-state index < -0.39 is 0 Å². The van der Waals surface area contributed by atoms with E-state index >= 15 is 0 Å². The first kappa shape index (κ1) is 14.1. The third-order valence-corrected chi connectivity index (χ3v) is 2.56. The summed E-state index contributed by atoms with van der Waals surface area (Å²) in [7, 11) is 1.89. The largest absolute Gasteiger partial charge is 0.393 e. The number of hydrogen-bond donors (Lipinski definition) is 2. The lowest BCUT2D eigenvalue weighted by atomic mass is 10.0. The first-order valence-corrected chi connectivity index (χ1v) is 6.29. The second-order valence-electron chi connectivity index (χ2n) is 3.94. The highest BCUT2D eigenvalue weighted by Crippen LogP contribution is 2.16. The maximum absolute atomic E-state index is 3.40. The fourth-order valence-electron chi connectivity index (χ4n) is 1.64. The molecule has 0 spiro atoms. The number of nitrogens with one attached hydrogen (secondary N) is 2. The van der Waals surface area contributed by atoms with Crippen molar-refractivity contribution < 1.29 is 0 Å². The highest BCUT2D eigenvalue weighted by atomic mass is 14.9. The average Bonchev–Trinajstić information content (AvgIpc) is 2.42. The Hall–Kier alpha value is -1.96. The Labute approximate surface area is 110 Å². The molecule has 0 bridgehead atoms. The van der Waals surface area contributed by atoms with Crippen LogP contribution in [0.5, 0.6) is 0 Å². The molecule has 1 atom stereocenters.